The van der Waals surface area contributed by atoms with Gasteiger partial charge in [0.15, 0.2) is 5.96 Å². The quantitative estimate of drug-likeness (QED) is 0.524. The zero-order valence-corrected chi connectivity index (χ0v) is 18.1. The van der Waals surface area contributed by atoms with Gasteiger partial charge in [0.1, 0.15) is 18.1 Å². The number of benzene rings is 2. The van der Waals surface area contributed by atoms with Gasteiger partial charge in [-0.1, -0.05) is 12.1 Å². The van der Waals surface area contributed by atoms with Crippen LogP contribution in [-0.4, -0.2) is 63.1 Å². The molecule has 0 unspecified atom stereocenters. The molecule has 2 aromatic rings. The third kappa shape index (κ3) is 6.60. The monoisotopic (exact) mass is 427 g/mol. The second-order valence-electron chi connectivity index (χ2n) is 7.25. The van der Waals surface area contributed by atoms with Crippen LogP contribution in [0.15, 0.2) is 53.5 Å². The van der Waals surface area contributed by atoms with Crippen molar-refractivity contribution in [2.45, 2.75) is 13.5 Å². The van der Waals surface area contributed by atoms with Gasteiger partial charge in [-0.2, -0.15) is 0 Å². The van der Waals surface area contributed by atoms with E-state index in [1.807, 2.05) is 31.2 Å². The highest BCUT2D eigenvalue weighted by molar-refractivity contribution is 5.85. The Morgan fingerprint density at radius 2 is 1.71 bits per heavy atom. The highest BCUT2D eigenvalue weighted by Crippen LogP contribution is 2.17. The number of nitrogens with zero attached hydrogens (tertiary/aromatic N) is 3. The van der Waals surface area contributed by atoms with Gasteiger partial charge in [-0.05, 0) is 48.9 Å². The molecule has 3 rings (SSSR count). The Morgan fingerprint density at radius 3 is 2.32 bits per heavy atom. The lowest BCUT2D eigenvalue weighted by Crippen LogP contribution is -2.52. The molecule has 0 saturated carbocycles. The molecular formula is C23H30FN5O2. The average molecular weight is 428 g/mol. The summed E-state index contributed by atoms with van der Waals surface area (Å²) in [5.41, 5.74) is 2.02. The second kappa shape index (κ2) is 11.2. The first-order chi connectivity index (χ1) is 15.1. The molecule has 1 aliphatic heterocycles. The van der Waals surface area contributed by atoms with Crippen LogP contribution in [0, 0.1) is 5.82 Å². The third-order valence-corrected chi connectivity index (χ3v) is 5.13. The first-order valence-electron chi connectivity index (χ1n) is 10.5. The van der Waals surface area contributed by atoms with Crippen LogP contribution in [0.1, 0.15) is 12.5 Å². The van der Waals surface area contributed by atoms with Crippen LogP contribution >= 0.6 is 0 Å². The van der Waals surface area contributed by atoms with Crippen molar-refractivity contribution in [1.82, 2.24) is 15.5 Å². The largest absolute Gasteiger partial charge is 0.497 e. The van der Waals surface area contributed by atoms with E-state index in [4.69, 9.17) is 4.74 Å². The number of ether oxygens (including phenoxy) is 1. The van der Waals surface area contributed by atoms with E-state index in [-0.39, 0.29) is 18.3 Å². The third-order valence-electron chi connectivity index (χ3n) is 5.13. The molecule has 1 amide bonds. The fourth-order valence-electron chi connectivity index (χ4n) is 3.40. The van der Waals surface area contributed by atoms with Gasteiger partial charge in [0.2, 0.25) is 5.91 Å². The van der Waals surface area contributed by atoms with Gasteiger partial charge in [0.25, 0.3) is 0 Å². The van der Waals surface area contributed by atoms with E-state index in [9.17, 15) is 9.18 Å². The summed E-state index contributed by atoms with van der Waals surface area (Å²) in [6, 6.07) is 14.2. The molecule has 1 fully saturated rings. The molecule has 0 radical (unpaired) electrons. The van der Waals surface area contributed by atoms with Crippen molar-refractivity contribution in [2.24, 2.45) is 4.99 Å². The van der Waals surface area contributed by atoms with Crippen LogP contribution in [0.4, 0.5) is 10.1 Å². The molecule has 0 aliphatic carbocycles. The number of guanidine groups is 1. The number of aliphatic imine (C=N–C) groups is 1. The number of piperazine rings is 1. The van der Waals surface area contributed by atoms with E-state index in [1.54, 1.807) is 19.2 Å². The number of anilines is 1. The molecule has 1 heterocycles. The van der Waals surface area contributed by atoms with Gasteiger partial charge < -0.3 is 25.2 Å². The van der Waals surface area contributed by atoms with Crippen molar-refractivity contribution in [1.29, 1.82) is 0 Å². The zero-order chi connectivity index (χ0) is 22.1. The van der Waals surface area contributed by atoms with Gasteiger partial charge in [-0.3, -0.25) is 4.79 Å². The van der Waals surface area contributed by atoms with E-state index in [0.29, 0.717) is 6.54 Å². The number of nitrogens with one attached hydrogen (secondary N) is 2. The van der Waals surface area contributed by atoms with Crippen LogP contribution in [0.25, 0.3) is 0 Å². The normalized spacial score (nSPS) is 14.4. The fourth-order valence-corrected chi connectivity index (χ4v) is 3.40. The summed E-state index contributed by atoms with van der Waals surface area (Å²) in [6.45, 7) is 6.41. The first-order valence-corrected chi connectivity index (χ1v) is 10.5. The highest BCUT2D eigenvalue weighted by atomic mass is 19.1. The standard InChI is InChI=1S/C23H30FN5O2/c1-3-25-23(27-17-22(30)26-16-18-4-10-21(31-2)11-5-18)29-14-12-28(13-15-29)20-8-6-19(24)7-9-20/h4-11H,3,12-17H2,1-2H3,(H,25,27)(H,26,30). The number of amides is 1. The zero-order valence-electron chi connectivity index (χ0n) is 18.1. The van der Waals surface area contributed by atoms with Crippen molar-refractivity contribution >= 4 is 17.6 Å². The molecular weight excluding hydrogens is 397 g/mol. The summed E-state index contributed by atoms with van der Waals surface area (Å²) >= 11 is 0. The maximum absolute atomic E-state index is 13.2. The van der Waals surface area contributed by atoms with Crippen molar-refractivity contribution < 1.29 is 13.9 Å². The molecule has 1 saturated heterocycles. The predicted octanol–water partition coefficient (Wildman–Crippen LogP) is 2.24. The highest BCUT2D eigenvalue weighted by Gasteiger charge is 2.20. The molecule has 166 valence electrons. The molecule has 0 bridgehead atoms. The van der Waals surface area contributed by atoms with Crippen LogP contribution in [0.2, 0.25) is 0 Å². The summed E-state index contributed by atoms with van der Waals surface area (Å²) in [6.07, 6.45) is 0. The Hall–Kier alpha value is -3.29. The molecule has 2 aromatic carbocycles. The van der Waals surface area contributed by atoms with Crippen LogP contribution in [0.3, 0.4) is 0 Å². The van der Waals surface area contributed by atoms with E-state index >= 15 is 0 Å². The number of halogens is 1. The first kappa shape index (κ1) is 22.4. The van der Waals surface area contributed by atoms with E-state index in [1.165, 1.54) is 12.1 Å². The number of hydrogen-bond acceptors (Lipinski definition) is 4. The molecule has 2 N–H and O–H groups in total. The van der Waals surface area contributed by atoms with Crippen LogP contribution in [-0.2, 0) is 11.3 Å². The lowest BCUT2D eigenvalue weighted by Gasteiger charge is -2.37. The Kier molecular flexibility index (Phi) is 8.09. The summed E-state index contributed by atoms with van der Waals surface area (Å²) in [7, 11) is 1.62. The summed E-state index contributed by atoms with van der Waals surface area (Å²) < 4.78 is 18.3. The molecule has 31 heavy (non-hydrogen) atoms. The molecule has 0 aromatic heterocycles. The minimum atomic E-state index is -0.228. The lowest BCUT2D eigenvalue weighted by atomic mass is 10.2. The van der Waals surface area contributed by atoms with Crippen molar-refractivity contribution in [3.05, 3.63) is 59.9 Å². The lowest BCUT2D eigenvalue weighted by molar-refractivity contribution is -0.119. The van der Waals surface area contributed by atoms with E-state index in [0.717, 1.165) is 55.7 Å². The molecule has 8 heteroatoms. The van der Waals surface area contributed by atoms with Crippen LogP contribution in [0.5, 0.6) is 5.75 Å². The predicted molar refractivity (Wildman–Crippen MR) is 121 cm³/mol. The van der Waals surface area contributed by atoms with Gasteiger partial charge in [-0.15, -0.1) is 0 Å². The molecule has 1 aliphatic rings. The molecule has 7 nitrogen and oxygen atoms in total. The van der Waals surface area contributed by atoms with Gasteiger partial charge in [0.05, 0.1) is 7.11 Å². The number of carbonyl (C=O) groups excluding carboxylic acids is 1. The number of hydrogen-bond donors (Lipinski definition) is 2. The topological polar surface area (TPSA) is 69.2 Å². The van der Waals surface area contributed by atoms with E-state index < -0.39 is 0 Å². The summed E-state index contributed by atoms with van der Waals surface area (Å²) in [4.78, 5) is 21.2. The Balaban J connectivity index is 1.49. The summed E-state index contributed by atoms with van der Waals surface area (Å²) in [5.74, 6) is 1.17. The number of rotatable bonds is 7. The fraction of sp³-hybridized carbons (Fsp3) is 0.391. The Morgan fingerprint density at radius 1 is 1.03 bits per heavy atom. The molecule has 0 spiro atoms. The van der Waals surface area contributed by atoms with Crippen molar-refractivity contribution in [3.63, 3.8) is 0 Å². The SMILES string of the molecule is CCNC(=NCC(=O)NCc1ccc(OC)cc1)N1CCN(c2ccc(F)cc2)CC1. The second-order valence-corrected chi connectivity index (χ2v) is 7.25. The summed E-state index contributed by atoms with van der Waals surface area (Å²) in [5, 5.41) is 6.17. The molecule has 0 atom stereocenters. The number of carbonyl (C=O) groups is 1. The van der Waals surface area contributed by atoms with Crippen molar-refractivity contribution in [3.8, 4) is 5.75 Å². The Labute approximate surface area is 182 Å². The van der Waals surface area contributed by atoms with E-state index in [2.05, 4.69) is 25.4 Å². The average Bonchev–Trinajstić information content (AvgIpc) is 2.81. The van der Waals surface area contributed by atoms with Gasteiger partial charge >= 0.3 is 0 Å². The van der Waals surface area contributed by atoms with Crippen LogP contribution < -0.4 is 20.3 Å². The van der Waals surface area contributed by atoms with Crippen molar-refractivity contribution in [2.75, 3.05) is 51.3 Å². The minimum absolute atomic E-state index is 0.0661. The maximum Gasteiger partial charge on any atom is 0.242 e. The Bertz CT molecular complexity index is 863. The minimum Gasteiger partial charge on any atom is -0.497 e. The maximum atomic E-state index is 13.2. The van der Waals surface area contributed by atoms with Gasteiger partial charge in [-0.25, -0.2) is 9.38 Å². The van der Waals surface area contributed by atoms with Gasteiger partial charge in [0, 0.05) is 45.0 Å². The smallest absolute Gasteiger partial charge is 0.242 e. The number of methoxy groups -OCH3 is 1.